The van der Waals surface area contributed by atoms with Gasteiger partial charge >= 0.3 is 0 Å². The van der Waals surface area contributed by atoms with Gasteiger partial charge < -0.3 is 15.5 Å². The summed E-state index contributed by atoms with van der Waals surface area (Å²) < 4.78 is 0. The lowest BCUT2D eigenvalue weighted by atomic mass is 10.1. The first-order valence-corrected chi connectivity index (χ1v) is 8.11. The lowest BCUT2D eigenvalue weighted by Gasteiger charge is -2.34. The van der Waals surface area contributed by atoms with Crippen molar-refractivity contribution >= 4 is 11.8 Å². The minimum absolute atomic E-state index is 0.0522. The highest BCUT2D eigenvalue weighted by atomic mass is 16.2. The molecule has 2 heterocycles. The molecule has 0 spiro atoms. The summed E-state index contributed by atoms with van der Waals surface area (Å²) in [6, 6.07) is -0.0635. The number of nitrogens with one attached hydrogen (secondary N) is 2. The van der Waals surface area contributed by atoms with Gasteiger partial charge in [0.1, 0.15) is 6.04 Å². The molecule has 120 valence electrons. The van der Waals surface area contributed by atoms with Gasteiger partial charge in [-0.05, 0) is 33.1 Å². The van der Waals surface area contributed by atoms with E-state index in [2.05, 4.69) is 22.5 Å². The Morgan fingerprint density at radius 2 is 1.95 bits per heavy atom. The number of amides is 2. The van der Waals surface area contributed by atoms with E-state index in [-0.39, 0.29) is 11.8 Å². The van der Waals surface area contributed by atoms with Crippen molar-refractivity contribution in [1.29, 1.82) is 0 Å². The zero-order valence-corrected chi connectivity index (χ0v) is 13.2. The van der Waals surface area contributed by atoms with E-state index in [1.807, 2.05) is 4.90 Å². The third kappa shape index (κ3) is 4.68. The molecule has 2 amide bonds. The Hall–Kier alpha value is -1.14. The quantitative estimate of drug-likeness (QED) is 0.754. The Balaban J connectivity index is 1.76. The van der Waals surface area contributed by atoms with Gasteiger partial charge in [0.15, 0.2) is 0 Å². The zero-order chi connectivity index (χ0) is 15.2. The van der Waals surface area contributed by atoms with Crippen LogP contribution in [0.3, 0.4) is 0 Å². The molecule has 0 aliphatic carbocycles. The molecule has 0 aromatic carbocycles. The number of carbonyl (C=O) groups is 2. The number of likely N-dealkylation sites (tertiary alicyclic amines) is 1. The zero-order valence-electron chi connectivity index (χ0n) is 13.2. The molecular formula is C15H28N4O2. The second-order valence-electron chi connectivity index (χ2n) is 6.20. The van der Waals surface area contributed by atoms with E-state index in [1.54, 1.807) is 6.92 Å². The fourth-order valence-corrected chi connectivity index (χ4v) is 3.04. The van der Waals surface area contributed by atoms with E-state index in [0.717, 1.165) is 45.6 Å². The van der Waals surface area contributed by atoms with Crippen LogP contribution < -0.4 is 10.6 Å². The first kappa shape index (κ1) is 16.2. The summed E-state index contributed by atoms with van der Waals surface area (Å²) in [4.78, 5) is 28.4. The summed E-state index contributed by atoms with van der Waals surface area (Å²) in [7, 11) is 0. The molecule has 2 fully saturated rings. The average Bonchev–Trinajstić information content (AvgIpc) is 2.49. The molecule has 2 N–H and O–H groups in total. The Bertz CT molecular complexity index is 369. The second kappa shape index (κ2) is 7.75. The van der Waals surface area contributed by atoms with Gasteiger partial charge in [-0.25, -0.2) is 0 Å². The Morgan fingerprint density at radius 1 is 1.24 bits per heavy atom. The van der Waals surface area contributed by atoms with Crippen LogP contribution in [0.15, 0.2) is 0 Å². The van der Waals surface area contributed by atoms with Gasteiger partial charge in [0.2, 0.25) is 11.8 Å². The molecule has 2 aliphatic rings. The number of piperazine rings is 1. The molecule has 2 atom stereocenters. The maximum absolute atomic E-state index is 12.3. The van der Waals surface area contributed by atoms with Gasteiger partial charge in [0.05, 0.1) is 6.54 Å². The van der Waals surface area contributed by atoms with E-state index in [9.17, 15) is 9.59 Å². The molecule has 2 aliphatic heterocycles. The summed E-state index contributed by atoms with van der Waals surface area (Å²) in [5, 5.41) is 6.16. The molecule has 1 unspecified atom stereocenters. The molecule has 0 aromatic heterocycles. The molecule has 2 saturated heterocycles. The predicted molar refractivity (Wildman–Crippen MR) is 81.9 cm³/mol. The smallest absolute Gasteiger partial charge is 0.244 e. The highest BCUT2D eigenvalue weighted by Gasteiger charge is 2.25. The highest BCUT2D eigenvalue weighted by molar-refractivity contribution is 5.88. The summed E-state index contributed by atoms with van der Waals surface area (Å²) in [6.45, 7) is 8.64. The van der Waals surface area contributed by atoms with Crippen LogP contribution >= 0.6 is 0 Å². The molecule has 0 bridgehead atoms. The Labute approximate surface area is 127 Å². The van der Waals surface area contributed by atoms with Crippen LogP contribution in [0, 0.1) is 0 Å². The normalized spacial score (nSPS) is 25.4. The van der Waals surface area contributed by atoms with Crippen LogP contribution in [0.5, 0.6) is 0 Å². The molecule has 0 aromatic rings. The summed E-state index contributed by atoms with van der Waals surface area (Å²) in [6.07, 6.45) is 3.35. The van der Waals surface area contributed by atoms with Crippen LogP contribution in [-0.2, 0) is 9.59 Å². The average molecular weight is 296 g/mol. The monoisotopic (exact) mass is 296 g/mol. The predicted octanol–water partition coefficient (Wildman–Crippen LogP) is -0.203. The molecular weight excluding hydrogens is 268 g/mol. The van der Waals surface area contributed by atoms with Gasteiger partial charge in [-0.1, -0.05) is 0 Å². The van der Waals surface area contributed by atoms with Crippen molar-refractivity contribution in [2.24, 2.45) is 0 Å². The summed E-state index contributed by atoms with van der Waals surface area (Å²) in [5.41, 5.74) is 0. The van der Waals surface area contributed by atoms with Crippen LogP contribution in [0.1, 0.15) is 33.1 Å². The molecule has 6 nitrogen and oxygen atoms in total. The first-order valence-electron chi connectivity index (χ1n) is 8.11. The highest BCUT2D eigenvalue weighted by Crippen LogP contribution is 2.10. The molecule has 0 radical (unpaired) electrons. The van der Waals surface area contributed by atoms with Crippen LogP contribution in [0.25, 0.3) is 0 Å². The number of hydrogen-bond donors (Lipinski definition) is 2. The lowest BCUT2D eigenvalue weighted by Crippen LogP contribution is -2.55. The third-order valence-corrected chi connectivity index (χ3v) is 4.40. The van der Waals surface area contributed by atoms with Crippen molar-refractivity contribution in [2.45, 2.75) is 45.2 Å². The fourth-order valence-electron chi connectivity index (χ4n) is 3.04. The maximum atomic E-state index is 12.3. The van der Waals surface area contributed by atoms with Gasteiger partial charge in [-0.2, -0.15) is 0 Å². The Morgan fingerprint density at radius 3 is 2.62 bits per heavy atom. The maximum Gasteiger partial charge on any atom is 0.244 e. The van der Waals surface area contributed by atoms with Crippen molar-refractivity contribution < 1.29 is 9.59 Å². The van der Waals surface area contributed by atoms with Gasteiger partial charge in [0, 0.05) is 38.8 Å². The van der Waals surface area contributed by atoms with Crippen LogP contribution in [-0.4, -0.2) is 73.0 Å². The minimum atomic E-state index is -0.422. The van der Waals surface area contributed by atoms with E-state index < -0.39 is 6.04 Å². The number of rotatable bonds is 4. The Kier molecular flexibility index (Phi) is 5.99. The van der Waals surface area contributed by atoms with Crippen molar-refractivity contribution in [1.82, 2.24) is 20.4 Å². The summed E-state index contributed by atoms with van der Waals surface area (Å²) >= 11 is 0. The standard InChI is InChI=1S/C15H28N4O2/c1-12-10-16-6-9-19(12)11-14(20)17-13(2)15(21)18-7-4-3-5-8-18/h12-13,16H,3-11H2,1-2H3,(H,17,20)/t12-,13?/m0/s1. The van der Waals surface area contributed by atoms with E-state index >= 15 is 0 Å². The number of piperidine rings is 1. The van der Waals surface area contributed by atoms with Crippen molar-refractivity contribution in [3.05, 3.63) is 0 Å². The topological polar surface area (TPSA) is 64.7 Å². The lowest BCUT2D eigenvalue weighted by molar-refractivity contribution is -0.137. The van der Waals surface area contributed by atoms with E-state index in [1.165, 1.54) is 6.42 Å². The van der Waals surface area contributed by atoms with Crippen LogP contribution in [0.2, 0.25) is 0 Å². The first-order chi connectivity index (χ1) is 10.1. The van der Waals surface area contributed by atoms with Crippen molar-refractivity contribution in [2.75, 3.05) is 39.3 Å². The summed E-state index contributed by atoms with van der Waals surface area (Å²) in [5.74, 6) is -0.00183. The minimum Gasteiger partial charge on any atom is -0.343 e. The van der Waals surface area contributed by atoms with Crippen molar-refractivity contribution in [3.63, 3.8) is 0 Å². The molecule has 6 heteroatoms. The molecule has 21 heavy (non-hydrogen) atoms. The van der Waals surface area contributed by atoms with E-state index in [4.69, 9.17) is 0 Å². The third-order valence-electron chi connectivity index (χ3n) is 4.40. The van der Waals surface area contributed by atoms with Gasteiger partial charge in [0.25, 0.3) is 0 Å². The van der Waals surface area contributed by atoms with Crippen LogP contribution in [0.4, 0.5) is 0 Å². The molecule has 2 rings (SSSR count). The molecule has 0 saturated carbocycles. The van der Waals surface area contributed by atoms with Gasteiger partial charge in [-0.3, -0.25) is 14.5 Å². The number of nitrogens with zero attached hydrogens (tertiary/aromatic N) is 2. The SMILES string of the molecule is CC(NC(=O)CN1CCNC[C@@H]1C)C(=O)N1CCCCC1. The number of carbonyl (C=O) groups excluding carboxylic acids is 2. The van der Waals surface area contributed by atoms with Gasteiger partial charge in [-0.15, -0.1) is 0 Å². The second-order valence-corrected chi connectivity index (χ2v) is 6.20. The largest absolute Gasteiger partial charge is 0.343 e. The van der Waals surface area contributed by atoms with E-state index in [0.29, 0.717) is 12.6 Å². The number of hydrogen-bond acceptors (Lipinski definition) is 4. The fraction of sp³-hybridized carbons (Fsp3) is 0.867. The van der Waals surface area contributed by atoms with Crippen molar-refractivity contribution in [3.8, 4) is 0 Å².